The molecule has 1 aliphatic rings. The number of alkyl halides is 3. The maximum atomic E-state index is 13.9. The van der Waals surface area contributed by atoms with Gasteiger partial charge in [-0.3, -0.25) is 0 Å². The highest BCUT2D eigenvalue weighted by molar-refractivity contribution is 7.89. The number of hydrogen-bond acceptors (Lipinski definition) is 6. The Bertz CT molecular complexity index is 1800. The van der Waals surface area contributed by atoms with Gasteiger partial charge in [0, 0.05) is 35.0 Å². The molecule has 0 spiro atoms. The van der Waals surface area contributed by atoms with Gasteiger partial charge in [0.1, 0.15) is 10.8 Å². The van der Waals surface area contributed by atoms with E-state index in [-0.39, 0.29) is 33.9 Å². The third-order valence-electron chi connectivity index (χ3n) is 7.15. The van der Waals surface area contributed by atoms with Gasteiger partial charge in [0.15, 0.2) is 11.4 Å². The molecule has 13 heteroatoms. The van der Waals surface area contributed by atoms with Crippen LogP contribution in [0.4, 0.5) is 13.2 Å². The number of halogens is 4. The molecule has 1 unspecified atom stereocenters. The number of aromatic nitrogens is 3. The number of nitrogens with zero attached hydrogens (tertiary/aromatic N) is 3. The summed E-state index contributed by atoms with van der Waals surface area (Å²) >= 11 is 6.47. The lowest BCUT2D eigenvalue weighted by Crippen LogP contribution is -2.53. The van der Waals surface area contributed by atoms with E-state index in [4.69, 9.17) is 16.3 Å². The number of aryl methyl sites for hydroxylation is 1. The van der Waals surface area contributed by atoms with E-state index >= 15 is 0 Å². The van der Waals surface area contributed by atoms with Crippen LogP contribution in [0, 0.1) is 6.92 Å². The molecule has 2 aromatic heterocycles. The number of ether oxygens (including phenoxy) is 1. The van der Waals surface area contributed by atoms with Crippen molar-refractivity contribution in [3.05, 3.63) is 76.6 Å². The van der Waals surface area contributed by atoms with E-state index < -0.39 is 27.5 Å². The van der Waals surface area contributed by atoms with E-state index in [1.165, 1.54) is 36.9 Å². The summed E-state index contributed by atoms with van der Waals surface area (Å²) in [5, 5.41) is 4.82. The van der Waals surface area contributed by atoms with Gasteiger partial charge < -0.3 is 4.74 Å². The first kappa shape index (κ1) is 29.0. The Morgan fingerprint density at radius 2 is 1.80 bits per heavy atom. The zero-order valence-corrected chi connectivity index (χ0v) is 23.5. The molecule has 4 aromatic rings. The smallest absolute Gasteiger partial charge is 0.358 e. The number of hydrogen-bond donors (Lipinski definition) is 1. The molecule has 0 saturated heterocycles. The van der Waals surface area contributed by atoms with Crippen LogP contribution < -0.4 is 4.72 Å². The molecular formula is C28H24ClF3N4O4S. The Morgan fingerprint density at radius 1 is 1.10 bits per heavy atom. The van der Waals surface area contributed by atoms with Crippen LogP contribution in [0.15, 0.2) is 65.2 Å². The fraction of sp³-hybridized carbons (Fsp3) is 0.286. The summed E-state index contributed by atoms with van der Waals surface area (Å²) in [6, 6.07) is 11.3. The molecule has 41 heavy (non-hydrogen) atoms. The summed E-state index contributed by atoms with van der Waals surface area (Å²) in [7, 11) is -3.08. The van der Waals surface area contributed by atoms with Crippen LogP contribution in [-0.4, -0.2) is 41.8 Å². The minimum absolute atomic E-state index is 0.0700. The molecule has 8 nitrogen and oxygen atoms in total. The van der Waals surface area contributed by atoms with Crippen molar-refractivity contribution >= 4 is 33.2 Å². The number of methoxy groups -OCH3 is 1. The topological polar surface area (TPSA) is 103 Å². The van der Waals surface area contributed by atoms with E-state index in [9.17, 15) is 26.4 Å². The van der Waals surface area contributed by atoms with Crippen molar-refractivity contribution in [2.24, 2.45) is 0 Å². The van der Waals surface area contributed by atoms with Gasteiger partial charge in [0.25, 0.3) is 0 Å². The molecule has 1 N–H and O–H groups in total. The van der Waals surface area contributed by atoms with Crippen molar-refractivity contribution in [3.8, 4) is 22.4 Å². The Kier molecular flexibility index (Phi) is 7.56. The highest BCUT2D eigenvalue weighted by Crippen LogP contribution is 2.39. The number of carbonyl (C=O) groups excluding carboxylic acids is 1. The second-order valence-corrected chi connectivity index (χ2v) is 11.7. The fourth-order valence-corrected chi connectivity index (χ4v) is 7.06. The monoisotopic (exact) mass is 604 g/mol. The summed E-state index contributed by atoms with van der Waals surface area (Å²) in [6.07, 6.45) is -1.27. The molecule has 1 aliphatic carbocycles. The second kappa shape index (κ2) is 10.7. The molecule has 5 rings (SSSR count). The molecule has 0 bridgehead atoms. The highest BCUT2D eigenvalue weighted by Gasteiger charge is 2.43. The van der Waals surface area contributed by atoms with Gasteiger partial charge in [-0.2, -0.15) is 23.0 Å². The third-order valence-corrected chi connectivity index (χ3v) is 9.09. The van der Waals surface area contributed by atoms with Crippen molar-refractivity contribution in [2.75, 3.05) is 7.11 Å². The Morgan fingerprint density at radius 3 is 2.44 bits per heavy atom. The maximum Gasteiger partial charge on any atom is 0.416 e. The Hall–Kier alpha value is -3.54. The van der Waals surface area contributed by atoms with Gasteiger partial charge in [0.05, 0.1) is 22.5 Å². The molecule has 0 radical (unpaired) electrons. The average molecular weight is 605 g/mol. The number of fused-ring (bicyclic) bond motifs is 1. The lowest BCUT2D eigenvalue weighted by atomic mass is 9.88. The summed E-state index contributed by atoms with van der Waals surface area (Å²) in [6.45, 7) is 1.48. The van der Waals surface area contributed by atoms with Crippen LogP contribution in [0.2, 0.25) is 5.02 Å². The van der Waals surface area contributed by atoms with Crippen molar-refractivity contribution in [2.45, 2.75) is 49.4 Å². The van der Waals surface area contributed by atoms with E-state index in [1.807, 2.05) is 5.94 Å². The predicted octanol–water partition coefficient (Wildman–Crippen LogP) is 6.00. The van der Waals surface area contributed by atoms with Gasteiger partial charge in [-0.05, 0) is 50.8 Å². The number of nitrogens with one attached hydrogen (secondary N) is 1. The molecule has 1 atom stereocenters. The highest BCUT2D eigenvalue weighted by atomic mass is 35.5. The fourth-order valence-electron chi connectivity index (χ4n) is 5.17. The maximum absolute atomic E-state index is 13.9. The molecule has 0 aliphatic heterocycles. The quantitative estimate of drug-likeness (QED) is 0.214. The van der Waals surface area contributed by atoms with E-state index in [0.717, 1.165) is 12.1 Å². The number of sulfonamides is 1. The Labute approximate surface area is 238 Å². The molecule has 0 amide bonds. The van der Waals surface area contributed by atoms with Crippen LogP contribution in [0.5, 0.6) is 0 Å². The summed E-state index contributed by atoms with van der Waals surface area (Å²) in [5.74, 6) is 1.83. The first-order valence-corrected chi connectivity index (χ1v) is 14.4. The molecule has 214 valence electrons. The lowest BCUT2D eigenvalue weighted by molar-refractivity contribution is -0.137. The number of rotatable bonds is 6. The minimum Gasteiger partial charge on any atom is -0.358 e. The second-order valence-electron chi connectivity index (χ2n) is 9.65. The average Bonchev–Trinajstić information content (AvgIpc) is 3.29. The van der Waals surface area contributed by atoms with Gasteiger partial charge in [-0.1, -0.05) is 41.9 Å². The standard InChI is InChI=1S/C28H24ClF3N4O4S/c1-17-25(41(38,39)35-27(40-2)14-6-5-7-20(27)16-37)26-33-15-22(21-8-3-4-9-23(21)29)24(36(26)34-17)18-10-12-19(13-11-18)28(30,31)32/h3-4,8-13,15,35H,5-7,14H2,1-2H3. The van der Waals surface area contributed by atoms with Gasteiger partial charge in [-0.25, -0.2) is 22.7 Å². The van der Waals surface area contributed by atoms with Crippen molar-refractivity contribution in [3.63, 3.8) is 0 Å². The van der Waals surface area contributed by atoms with Gasteiger partial charge >= 0.3 is 6.18 Å². The largest absolute Gasteiger partial charge is 0.416 e. The summed E-state index contributed by atoms with van der Waals surface area (Å²) < 4.78 is 77.0. The summed E-state index contributed by atoms with van der Waals surface area (Å²) in [4.78, 5) is 15.9. The van der Waals surface area contributed by atoms with Crippen molar-refractivity contribution in [1.29, 1.82) is 0 Å². The van der Waals surface area contributed by atoms with Crippen LogP contribution >= 0.6 is 11.6 Å². The molecule has 1 fully saturated rings. The molecular weight excluding hydrogens is 581 g/mol. The number of benzene rings is 2. The SMILES string of the molecule is COC1(NS(=O)(=O)c2c(C)nn3c(-c4ccc(C(F)(F)F)cc4)c(-c4ccccc4Cl)cnc23)CCCCC1=C=O. The molecule has 1 saturated carbocycles. The molecule has 2 heterocycles. The van der Waals surface area contributed by atoms with Crippen LogP contribution in [-0.2, 0) is 25.7 Å². The first-order chi connectivity index (χ1) is 19.4. The van der Waals surface area contributed by atoms with Gasteiger partial charge in [0.2, 0.25) is 10.0 Å². The van der Waals surface area contributed by atoms with Crippen LogP contribution in [0.25, 0.3) is 28.0 Å². The molecule has 2 aromatic carbocycles. The third kappa shape index (κ3) is 5.18. The van der Waals surface area contributed by atoms with Crippen molar-refractivity contribution in [1.82, 2.24) is 19.3 Å². The summed E-state index contributed by atoms with van der Waals surface area (Å²) in [5.41, 5.74) is -0.694. The normalized spacial score (nSPS) is 18.0. The predicted molar refractivity (Wildman–Crippen MR) is 146 cm³/mol. The first-order valence-electron chi connectivity index (χ1n) is 12.6. The minimum atomic E-state index is -4.54. The van der Waals surface area contributed by atoms with E-state index in [0.29, 0.717) is 41.0 Å². The van der Waals surface area contributed by atoms with Crippen molar-refractivity contribution < 1.29 is 31.1 Å². The lowest BCUT2D eigenvalue weighted by Gasteiger charge is -2.36. The van der Waals surface area contributed by atoms with E-state index in [2.05, 4.69) is 14.8 Å². The zero-order valence-electron chi connectivity index (χ0n) is 21.9. The van der Waals surface area contributed by atoms with Crippen LogP contribution in [0.1, 0.15) is 36.9 Å². The zero-order chi connectivity index (χ0) is 29.6. The van der Waals surface area contributed by atoms with Gasteiger partial charge in [-0.15, -0.1) is 0 Å². The Balaban J connectivity index is 1.74. The van der Waals surface area contributed by atoms with E-state index in [1.54, 1.807) is 24.3 Å². The van der Waals surface area contributed by atoms with Crippen LogP contribution in [0.3, 0.4) is 0 Å².